The fourth-order valence-corrected chi connectivity index (χ4v) is 1.24. The van der Waals surface area contributed by atoms with Crippen LogP contribution in [0.1, 0.15) is 5.69 Å². The Hall–Kier alpha value is -1.12. The Morgan fingerprint density at radius 2 is 1.85 bits per heavy atom. The lowest BCUT2D eigenvalue weighted by Gasteiger charge is -1.98. The van der Waals surface area contributed by atoms with E-state index in [1.54, 1.807) is 0 Å². The molecule has 1 aromatic heterocycles. The second-order valence-electron chi connectivity index (χ2n) is 2.73. The highest BCUT2D eigenvalue weighted by atomic mass is 35.5. The van der Waals surface area contributed by atoms with Crippen LogP contribution in [0.25, 0.3) is 10.8 Å². The summed E-state index contributed by atoms with van der Waals surface area (Å²) < 4.78 is 0. The summed E-state index contributed by atoms with van der Waals surface area (Å²) >= 11 is 0. The molecule has 2 aromatic rings. The van der Waals surface area contributed by atoms with Crippen LogP contribution in [0.4, 0.5) is 0 Å². The van der Waals surface area contributed by atoms with Crippen LogP contribution in [0.3, 0.4) is 0 Å². The van der Waals surface area contributed by atoms with Crippen LogP contribution >= 0.6 is 12.4 Å². The van der Waals surface area contributed by atoms with Crippen LogP contribution in [0.5, 0.6) is 0 Å². The van der Waals surface area contributed by atoms with Gasteiger partial charge in [-0.1, -0.05) is 24.3 Å². The average molecular weight is 195 g/mol. The zero-order chi connectivity index (χ0) is 8.39. The predicted octanol–water partition coefficient (Wildman–Crippen LogP) is 2.12. The highest BCUT2D eigenvalue weighted by molar-refractivity contribution is 5.85. The number of nitrogens with zero attached hydrogens (tertiary/aromatic N) is 1. The van der Waals surface area contributed by atoms with E-state index in [1.807, 2.05) is 30.5 Å². The molecular formula is C10H11ClN2. The summed E-state index contributed by atoms with van der Waals surface area (Å²) in [7, 11) is 0. The van der Waals surface area contributed by atoms with Gasteiger partial charge < -0.3 is 5.73 Å². The van der Waals surface area contributed by atoms with E-state index in [1.165, 1.54) is 5.39 Å². The standard InChI is InChI=1S/C10H10N2.ClH/c11-6-10-5-8-3-1-2-4-9(8)7-12-10;/h1-5,7H,6,11H2;1H. The highest BCUT2D eigenvalue weighted by Gasteiger charge is 1.93. The molecule has 0 radical (unpaired) electrons. The normalized spacial score (nSPS) is 9.62. The van der Waals surface area contributed by atoms with E-state index >= 15 is 0 Å². The first kappa shape index (κ1) is 9.96. The van der Waals surface area contributed by atoms with Crippen LogP contribution in [-0.2, 0) is 6.54 Å². The minimum atomic E-state index is 0. The molecule has 2 rings (SSSR count). The van der Waals surface area contributed by atoms with Crippen molar-refractivity contribution in [1.82, 2.24) is 4.98 Å². The Labute approximate surface area is 83.2 Å². The molecule has 2 N–H and O–H groups in total. The topological polar surface area (TPSA) is 38.9 Å². The van der Waals surface area contributed by atoms with Gasteiger partial charge in [0.05, 0.1) is 5.69 Å². The van der Waals surface area contributed by atoms with Gasteiger partial charge in [-0.25, -0.2) is 0 Å². The SMILES string of the molecule is Cl.NCc1cc2ccccc2cn1. The first-order valence-electron chi connectivity index (χ1n) is 3.94. The molecule has 0 aliphatic carbocycles. The molecule has 1 aromatic carbocycles. The molecule has 13 heavy (non-hydrogen) atoms. The molecule has 0 saturated heterocycles. The van der Waals surface area contributed by atoms with E-state index < -0.39 is 0 Å². The lowest BCUT2D eigenvalue weighted by Crippen LogP contribution is -1.98. The summed E-state index contributed by atoms with van der Waals surface area (Å²) in [6.45, 7) is 0.505. The third kappa shape index (κ3) is 1.97. The van der Waals surface area contributed by atoms with Crippen LogP contribution in [0.15, 0.2) is 36.5 Å². The van der Waals surface area contributed by atoms with Crippen LogP contribution in [0, 0.1) is 0 Å². The summed E-state index contributed by atoms with van der Waals surface area (Å²) in [6.07, 6.45) is 1.86. The van der Waals surface area contributed by atoms with Crippen molar-refractivity contribution in [2.75, 3.05) is 0 Å². The van der Waals surface area contributed by atoms with Gasteiger partial charge in [0.15, 0.2) is 0 Å². The first-order chi connectivity index (χ1) is 5.90. The molecule has 68 valence electrons. The van der Waals surface area contributed by atoms with Crippen LogP contribution in [0.2, 0.25) is 0 Å². The van der Waals surface area contributed by atoms with Gasteiger partial charge in [-0.2, -0.15) is 0 Å². The number of rotatable bonds is 1. The lowest BCUT2D eigenvalue weighted by atomic mass is 10.1. The molecule has 0 fully saturated rings. The third-order valence-corrected chi connectivity index (χ3v) is 1.90. The van der Waals surface area contributed by atoms with Crippen molar-refractivity contribution in [3.63, 3.8) is 0 Å². The van der Waals surface area contributed by atoms with Crippen LogP contribution in [-0.4, -0.2) is 4.98 Å². The zero-order valence-corrected chi connectivity index (χ0v) is 7.92. The highest BCUT2D eigenvalue weighted by Crippen LogP contribution is 2.12. The summed E-state index contributed by atoms with van der Waals surface area (Å²) in [5.74, 6) is 0. The van der Waals surface area contributed by atoms with Crippen molar-refractivity contribution in [2.45, 2.75) is 6.54 Å². The molecule has 3 heteroatoms. The largest absolute Gasteiger partial charge is 0.325 e. The Balaban J connectivity index is 0.000000845. The number of fused-ring (bicyclic) bond motifs is 1. The number of aromatic nitrogens is 1. The maximum absolute atomic E-state index is 5.48. The molecule has 0 bridgehead atoms. The number of hydrogen-bond donors (Lipinski definition) is 1. The van der Waals surface area contributed by atoms with Gasteiger partial charge in [-0.3, -0.25) is 4.98 Å². The zero-order valence-electron chi connectivity index (χ0n) is 7.10. The van der Waals surface area contributed by atoms with Crippen LogP contribution < -0.4 is 5.73 Å². The lowest BCUT2D eigenvalue weighted by molar-refractivity contribution is 0.998. The summed E-state index contributed by atoms with van der Waals surface area (Å²) in [5.41, 5.74) is 6.42. The average Bonchev–Trinajstić information content (AvgIpc) is 2.17. The van der Waals surface area contributed by atoms with E-state index in [0.717, 1.165) is 11.1 Å². The number of pyridine rings is 1. The van der Waals surface area contributed by atoms with E-state index in [0.29, 0.717) is 6.54 Å². The summed E-state index contributed by atoms with van der Waals surface area (Å²) in [5, 5.41) is 2.36. The van der Waals surface area contributed by atoms with Gasteiger partial charge in [0.2, 0.25) is 0 Å². The molecule has 1 heterocycles. The van der Waals surface area contributed by atoms with Crippen molar-refractivity contribution in [2.24, 2.45) is 5.73 Å². The van der Waals surface area contributed by atoms with E-state index in [4.69, 9.17) is 5.73 Å². The number of halogens is 1. The Morgan fingerprint density at radius 3 is 2.54 bits per heavy atom. The fourth-order valence-electron chi connectivity index (χ4n) is 1.24. The maximum Gasteiger partial charge on any atom is 0.0545 e. The van der Waals surface area contributed by atoms with Gasteiger partial charge >= 0.3 is 0 Å². The molecule has 0 aliphatic heterocycles. The molecule has 0 unspecified atom stereocenters. The number of nitrogens with two attached hydrogens (primary N) is 1. The van der Waals surface area contributed by atoms with Gasteiger partial charge in [0, 0.05) is 18.1 Å². The second kappa shape index (κ2) is 4.21. The molecule has 0 saturated carbocycles. The van der Waals surface area contributed by atoms with Crippen molar-refractivity contribution in [1.29, 1.82) is 0 Å². The van der Waals surface area contributed by atoms with E-state index in [-0.39, 0.29) is 12.4 Å². The quantitative estimate of drug-likeness (QED) is 0.756. The minimum absolute atomic E-state index is 0. The molecule has 0 amide bonds. The molecule has 0 aliphatic rings. The minimum Gasteiger partial charge on any atom is -0.325 e. The fraction of sp³-hybridized carbons (Fsp3) is 0.100. The molecular weight excluding hydrogens is 184 g/mol. The summed E-state index contributed by atoms with van der Waals surface area (Å²) in [4.78, 5) is 4.20. The Kier molecular flexibility index (Phi) is 3.23. The smallest absolute Gasteiger partial charge is 0.0545 e. The monoisotopic (exact) mass is 194 g/mol. The van der Waals surface area contributed by atoms with Gasteiger partial charge in [0.1, 0.15) is 0 Å². The van der Waals surface area contributed by atoms with Gasteiger partial charge in [0.25, 0.3) is 0 Å². The second-order valence-corrected chi connectivity index (χ2v) is 2.73. The first-order valence-corrected chi connectivity index (χ1v) is 3.94. The van der Waals surface area contributed by atoms with Crippen molar-refractivity contribution in [3.8, 4) is 0 Å². The van der Waals surface area contributed by atoms with E-state index in [9.17, 15) is 0 Å². The number of hydrogen-bond acceptors (Lipinski definition) is 2. The Bertz CT molecular complexity index is 401. The van der Waals surface area contributed by atoms with Crippen molar-refractivity contribution >= 4 is 23.2 Å². The Morgan fingerprint density at radius 1 is 1.15 bits per heavy atom. The van der Waals surface area contributed by atoms with Gasteiger partial charge in [-0.05, 0) is 11.5 Å². The molecule has 0 spiro atoms. The summed E-state index contributed by atoms with van der Waals surface area (Å²) in [6, 6.07) is 10.2. The number of benzene rings is 1. The molecule has 2 nitrogen and oxygen atoms in total. The molecule has 0 atom stereocenters. The third-order valence-electron chi connectivity index (χ3n) is 1.90. The van der Waals surface area contributed by atoms with Crippen molar-refractivity contribution in [3.05, 3.63) is 42.2 Å². The van der Waals surface area contributed by atoms with Gasteiger partial charge in [-0.15, -0.1) is 12.4 Å². The van der Waals surface area contributed by atoms with E-state index in [2.05, 4.69) is 11.1 Å². The maximum atomic E-state index is 5.48. The van der Waals surface area contributed by atoms with Crippen molar-refractivity contribution < 1.29 is 0 Å². The predicted molar refractivity (Wildman–Crippen MR) is 56.9 cm³/mol.